The van der Waals surface area contributed by atoms with E-state index in [0.29, 0.717) is 13.2 Å². The second kappa shape index (κ2) is 8.11. The van der Waals surface area contributed by atoms with Gasteiger partial charge in [-0.2, -0.15) is 5.10 Å². The van der Waals surface area contributed by atoms with Crippen LogP contribution in [0.3, 0.4) is 0 Å². The number of ether oxygens (including phenoxy) is 2. The number of amides is 1. The fraction of sp³-hybridized carbons (Fsp3) is 0.500. The molecule has 1 saturated heterocycles. The molecular weight excluding hydrogens is 320 g/mol. The average molecular weight is 344 g/mol. The van der Waals surface area contributed by atoms with Crippen molar-refractivity contribution >= 4 is 5.91 Å². The van der Waals surface area contributed by atoms with Crippen molar-refractivity contribution in [2.75, 3.05) is 26.8 Å². The van der Waals surface area contributed by atoms with Gasteiger partial charge in [-0.1, -0.05) is 25.1 Å². The van der Waals surface area contributed by atoms with E-state index >= 15 is 0 Å². The molecule has 1 aromatic heterocycles. The van der Waals surface area contributed by atoms with E-state index in [1.165, 1.54) is 6.33 Å². The van der Waals surface area contributed by atoms with Gasteiger partial charge in [0, 0.05) is 26.1 Å². The zero-order valence-electron chi connectivity index (χ0n) is 14.6. The molecule has 2 atom stereocenters. The number of hydrogen-bond donors (Lipinski definition) is 1. The summed E-state index contributed by atoms with van der Waals surface area (Å²) in [4.78, 5) is 18.3. The molecule has 3 rings (SSSR count). The average Bonchev–Trinajstić information content (AvgIpc) is 3.31. The zero-order chi connectivity index (χ0) is 17.6. The van der Waals surface area contributed by atoms with Gasteiger partial charge < -0.3 is 14.4 Å². The quantitative estimate of drug-likeness (QED) is 0.828. The van der Waals surface area contributed by atoms with Crippen LogP contribution in [0.4, 0.5) is 0 Å². The molecule has 0 radical (unpaired) electrons. The Kier molecular flexibility index (Phi) is 5.65. The van der Waals surface area contributed by atoms with E-state index in [4.69, 9.17) is 9.47 Å². The fourth-order valence-corrected chi connectivity index (χ4v) is 3.09. The lowest BCUT2D eigenvalue weighted by molar-refractivity contribution is -0.133. The minimum Gasteiger partial charge on any atom is -0.483 e. The number of aryl methyl sites for hydroxylation is 1. The number of aromatic nitrogens is 3. The number of aromatic amines is 1. The number of H-pyrrole nitrogens is 1. The summed E-state index contributed by atoms with van der Waals surface area (Å²) in [6.07, 6.45) is 3.17. The number of hydrogen-bond acceptors (Lipinski definition) is 5. The van der Waals surface area contributed by atoms with Gasteiger partial charge in [-0.3, -0.25) is 9.89 Å². The minimum atomic E-state index is -0.0789. The van der Waals surface area contributed by atoms with E-state index in [9.17, 15) is 4.79 Å². The summed E-state index contributed by atoms with van der Waals surface area (Å²) < 4.78 is 11.5. The first-order valence-electron chi connectivity index (χ1n) is 8.60. The lowest BCUT2D eigenvalue weighted by Crippen LogP contribution is -2.38. The van der Waals surface area contributed by atoms with Crippen LogP contribution in [0.25, 0.3) is 0 Å². The van der Waals surface area contributed by atoms with Crippen LogP contribution in [0, 0.1) is 0 Å². The minimum absolute atomic E-state index is 0.0210. The molecule has 134 valence electrons. The van der Waals surface area contributed by atoms with Crippen molar-refractivity contribution in [2.24, 2.45) is 0 Å². The Morgan fingerprint density at radius 1 is 1.44 bits per heavy atom. The molecule has 1 aliphatic rings. The third-order valence-corrected chi connectivity index (χ3v) is 4.58. The summed E-state index contributed by atoms with van der Waals surface area (Å²) in [5, 5.41) is 6.80. The smallest absolute Gasteiger partial charge is 0.260 e. The van der Waals surface area contributed by atoms with Crippen LogP contribution in [0.2, 0.25) is 0 Å². The summed E-state index contributed by atoms with van der Waals surface area (Å²) in [7, 11) is 1.77. The predicted molar refractivity (Wildman–Crippen MR) is 92.4 cm³/mol. The molecule has 1 aromatic carbocycles. The molecule has 2 heterocycles. The highest BCUT2D eigenvalue weighted by molar-refractivity contribution is 5.77. The highest BCUT2D eigenvalue weighted by Crippen LogP contribution is 2.29. The number of nitrogens with one attached hydrogen (secondary N) is 1. The van der Waals surface area contributed by atoms with Crippen molar-refractivity contribution in [2.45, 2.75) is 31.8 Å². The van der Waals surface area contributed by atoms with E-state index in [-0.39, 0.29) is 24.5 Å². The summed E-state index contributed by atoms with van der Waals surface area (Å²) in [6, 6.07) is 7.79. The van der Waals surface area contributed by atoms with Crippen molar-refractivity contribution in [1.29, 1.82) is 0 Å². The third kappa shape index (κ3) is 4.17. The Labute approximate surface area is 147 Å². The number of rotatable bonds is 7. The molecule has 1 amide bonds. The van der Waals surface area contributed by atoms with E-state index in [1.807, 2.05) is 24.3 Å². The fourth-order valence-electron chi connectivity index (χ4n) is 3.09. The van der Waals surface area contributed by atoms with Gasteiger partial charge in [0.1, 0.15) is 17.9 Å². The van der Waals surface area contributed by atoms with Crippen LogP contribution in [0.5, 0.6) is 5.75 Å². The predicted octanol–water partition coefficient (Wildman–Crippen LogP) is 1.78. The number of benzene rings is 1. The van der Waals surface area contributed by atoms with Crippen molar-refractivity contribution in [1.82, 2.24) is 20.1 Å². The highest BCUT2D eigenvalue weighted by atomic mass is 16.5. The van der Waals surface area contributed by atoms with Crippen LogP contribution < -0.4 is 4.74 Å². The first-order valence-corrected chi connectivity index (χ1v) is 8.60. The molecule has 2 aromatic rings. The first kappa shape index (κ1) is 17.4. The molecule has 1 aliphatic heterocycles. The van der Waals surface area contributed by atoms with Crippen LogP contribution in [-0.2, 0) is 16.0 Å². The van der Waals surface area contributed by atoms with Gasteiger partial charge in [0.25, 0.3) is 5.91 Å². The highest BCUT2D eigenvalue weighted by Gasteiger charge is 2.33. The maximum atomic E-state index is 12.4. The van der Waals surface area contributed by atoms with E-state index < -0.39 is 0 Å². The van der Waals surface area contributed by atoms with Gasteiger partial charge in [0.05, 0.1) is 6.10 Å². The molecule has 7 heteroatoms. The maximum absolute atomic E-state index is 12.4. The SMILES string of the molecule is CCc1ccccc1OCC(=O)N(C)C[C@H]1OCC[C@H]1c1ncn[nH]1. The van der Waals surface area contributed by atoms with Gasteiger partial charge in [-0.25, -0.2) is 4.98 Å². The Morgan fingerprint density at radius 2 is 2.28 bits per heavy atom. The number of carbonyl (C=O) groups is 1. The lowest BCUT2D eigenvalue weighted by Gasteiger charge is -2.24. The van der Waals surface area contributed by atoms with Crippen molar-refractivity contribution < 1.29 is 14.3 Å². The summed E-state index contributed by atoms with van der Waals surface area (Å²) >= 11 is 0. The van der Waals surface area contributed by atoms with E-state index in [1.54, 1.807) is 11.9 Å². The van der Waals surface area contributed by atoms with Crippen LogP contribution in [-0.4, -0.2) is 58.9 Å². The first-order chi connectivity index (χ1) is 12.2. The van der Waals surface area contributed by atoms with Crippen LogP contribution in [0.15, 0.2) is 30.6 Å². The summed E-state index contributed by atoms with van der Waals surface area (Å²) in [5.41, 5.74) is 1.10. The van der Waals surface area contributed by atoms with Crippen molar-refractivity contribution in [3.8, 4) is 5.75 Å². The van der Waals surface area contributed by atoms with Crippen LogP contribution in [0.1, 0.15) is 30.7 Å². The molecular formula is C18H24N4O3. The lowest BCUT2D eigenvalue weighted by atomic mass is 10.0. The van der Waals surface area contributed by atoms with Crippen molar-refractivity contribution in [3.05, 3.63) is 42.0 Å². The Morgan fingerprint density at radius 3 is 3.04 bits per heavy atom. The second-order valence-corrected chi connectivity index (χ2v) is 6.20. The number of likely N-dealkylation sites (N-methyl/N-ethyl adjacent to an activating group) is 1. The molecule has 0 unspecified atom stereocenters. The number of nitrogens with zero attached hydrogens (tertiary/aromatic N) is 3. The monoisotopic (exact) mass is 344 g/mol. The Balaban J connectivity index is 1.54. The van der Waals surface area contributed by atoms with Gasteiger partial charge in [-0.15, -0.1) is 0 Å². The van der Waals surface area contributed by atoms with Crippen LogP contribution >= 0.6 is 0 Å². The summed E-state index contributed by atoms with van der Waals surface area (Å²) in [6.45, 7) is 3.26. The van der Waals surface area contributed by atoms with Crippen molar-refractivity contribution in [3.63, 3.8) is 0 Å². The molecule has 1 fully saturated rings. The normalized spacial score (nSPS) is 19.8. The van der Waals surface area contributed by atoms with E-state index in [2.05, 4.69) is 22.1 Å². The van der Waals surface area contributed by atoms with Gasteiger partial charge >= 0.3 is 0 Å². The van der Waals surface area contributed by atoms with Gasteiger partial charge in [0.15, 0.2) is 6.61 Å². The molecule has 1 N–H and O–H groups in total. The number of para-hydroxylation sites is 1. The number of carbonyl (C=O) groups excluding carboxylic acids is 1. The van der Waals surface area contributed by atoms with Gasteiger partial charge in [0.2, 0.25) is 0 Å². The zero-order valence-corrected chi connectivity index (χ0v) is 14.6. The van der Waals surface area contributed by atoms with Gasteiger partial charge in [-0.05, 0) is 24.5 Å². The Hall–Kier alpha value is -2.41. The third-order valence-electron chi connectivity index (χ3n) is 4.58. The molecule has 25 heavy (non-hydrogen) atoms. The second-order valence-electron chi connectivity index (χ2n) is 6.20. The topological polar surface area (TPSA) is 80.3 Å². The molecule has 0 aliphatic carbocycles. The van der Waals surface area contributed by atoms with E-state index in [0.717, 1.165) is 30.0 Å². The molecule has 0 spiro atoms. The summed E-state index contributed by atoms with van der Waals surface area (Å²) in [5.74, 6) is 1.65. The molecule has 0 saturated carbocycles. The molecule has 7 nitrogen and oxygen atoms in total. The molecule has 0 bridgehead atoms. The maximum Gasteiger partial charge on any atom is 0.260 e. The Bertz CT molecular complexity index is 689. The standard InChI is InChI=1S/C18H24N4O3/c1-3-13-6-4-5-7-15(13)25-11-17(23)22(2)10-16-14(8-9-24-16)18-19-12-20-21-18/h4-7,12,14,16H,3,8-11H2,1-2H3,(H,19,20,21)/t14-,16-/m1/s1. The largest absolute Gasteiger partial charge is 0.483 e.